The highest BCUT2D eigenvalue weighted by Gasteiger charge is 2.22. The van der Waals surface area contributed by atoms with Gasteiger partial charge >= 0.3 is 0 Å². The molecule has 2 heterocycles. The van der Waals surface area contributed by atoms with Crippen molar-refractivity contribution in [3.8, 4) is 5.75 Å². The smallest absolute Gasteiger partial charge is 0.261 e. The van der Waals surface area contributed by atoms with Crippen molar-refractivity contribution in [3.63, 3.8) is 0 Å². The molecule has 0 bridgehead atoms. The number of amides is 1. The number of hydrogen-bond acceptors (Lipinski definition) is 7. The molecule has 0 spiro atoms. The number of aromatic nitrogens is 1. The number of rotatable bonds is 7. The Kier molecular flexibility index (Phi) is 6.20. The lowest BCUT2D eigenvalue weighted by atomic mass is 9.97. The molecule has 0 saturated carbocycles. The fourth-order valence-corrected chi connectivity index (χ4v) is 3.59. The van der Waals surface area contributed by atoms with Crippen LogP contribution in [-0.2, 0) is 0 Å². The summed E-state index contributed by atoms with van der Waals surface area (Å²) >= 11 is 1.16. The van der Waals surface area contributed by atoms with E-state index in [1.54, 1.807) is 60.9 Å². The zero-order chi connectivity index (χ0) is 20.8. The minimum atomic E-state index is -0.609. The van der Waals surface area contributed by atoms with Gasteiger partial charge < -0.3 is 27.4 Å². The normalized spacial score (nSPS) is 12.3. The number of benzene rings is 1. The lowest BCUT2D eigenvalue weighted by Gasteiger charge is -2.20. The Morgan fingerprint density at radius 1 is 1.21 bits per heavy atom. The standard InChI is InChI=1S/C20H20N6O2S/c21-14(12-4-3-9-24-11-12)10-15(13-5-1-2-6-16(13)27)25-20(28)18-8-7-17(29-18)19(22)26-23/h1-9,11,15,21,27H,10,23H2,(H2,22,26)(H,25,28). The molecule has 0 aliphatic rings. The summed E-state index contributed by atoms with van der Waals surface area (Å²) in [5, 5.41) is 25.0. The molecule has 1 amide bonds. The Bertz CT molecular complexity index is 1050. The highest BCUT2D eigenvalue weighted by molar-refractivity contribution is 7.16. The number of phenols is 1. The molecule has 148 valence electrons. The van der Waals surface area contributed by atoms with Crippen LogP contribution in [0.4, 0.5) is 0 Å². The number of hydrogen-bond donors (Lipinski definition) is 5. The van der Waals surface area contributed by atoms with E-state index in [4.69, 9.17) is 17.0 Å². The van der Waals surface area contributed by atoms with E-state index >= 15 is 0 Å². The number of para-hydroxylation sites is 1. The Morgan fingerprint density at radius 3 is 2.66 bits per heavy atom. The van der Waals surface area contributed by atoms with Crippen LogP contribution in [0, 0.1) is 5.41 Å². The summed E-state index contributed by atoms with van der Waals surface area (Å²) in [5.74, 6) is 5.02. The van der Waals surface area contributed by atoms with Gasteiger partial charge in [-0.1, -0.05) is 24.3 Å². The first-order valence-electron chi connectivity index (χ1n) is 8.69. The average molecular weight is 408 g/mol. The van der Waals surface area contributed by atoms with E-state index in [-0.39, 0.29) is 29.6 Å². The number of amidine groups is 1. The Balaban J connectivity index is 1.85. The number of phenolic OH excluding ortho intramolecular Hbond substituents is 1. The number of carbonyl (C=O) groups excluding carboxylic acids is 1. The molecule has 1 aromatic carbocycles. The minimum absolute atomic E-state index is 0.0446. The third kappa shape index (κ3) is 4.77. The van der Waals surface area contributed by atoms with Crippen LogP contribution >= 0.6 is 11.3 Å². The summed E-state index contributed by atoms with van der Waals surface area (Å²) in [5.41, 5.74) is 7.15. The van der Waals surface area contributed by atoms with Gasteiger partial charge in [-0.3, -0.25) is 9.78 Å². The number of nitrogens with zero attached hydrogens (tertiary/aromatic N) is 2. The predicted octanol–water partition coefficient (Wildman–Crippen LogP) is 2.36. The SMILES string of the molecule is N=C(CC(NC(=O)c1ccc(/C(N)=N/N)s1)c1ccccc1O)c1cccnc1. The maximum Gasteiger partial charge on any atom is 0.261 e. The van der Waals surface area contributed by atoms with Crippen molar-refractivity contribution in [2.45, 2.75) is 12.5 Å². The van der Waals surface area contributed by atoms with Gasteiger partial charge in [-0.05, 0) is 24.3 Å². The van der Waals surface area contributed by atoms with Gasteiger partial charge in [0.05, 0.1) is 15.8 Å². The van der Waals surface area contributed by atoms with Crippen molar-refractivity contribution in [2.24, 2.45) is 16.7 Å². The van der Waals surface area contributed by atoms with Crippen molar-refractivity contribution >= 4 is 28.8 Å². The van der Waals surface area contributed by atoms with E-state index in [0.29, 0.717) is 20.9 Å². The zero-order valence-corrected chi connectivity index (χ0v) is 16.2. The number of carbonyl (C=O) groups is 1. The molecule has 1 unspecified atom stereocenters. The predicted molar refractivity (Wildman–Crippen MR) is 113 cm³/mol. The molecule has 9 heteroatoms. The van der Waals surface area contributed by atoms with Crippen molar-refractivity contribution in [2.75, 3.05) is 0 Å². The highest BCUT2D eigenvalue weighted by atomic mass is 32.1. The molecule has 0 aliphatic carbocycles. The third-order valence-electron chi connectivity index (χ3n) is 4.26. The molecule has 0 fully saturated rings. The molecule has 0 saturated heterocycles. The molecule has 8 nitrogen and oxygen atoms in total. The molecular weight excluding hydrogens is 388 g/mol. The van der Waals surface area contributed by atoms with Crippen LogP contribution in [0.25, 0.3) is 0 Å². The largest absolute Gasteiger partial charge is 0.508 e. The van der Waals surface area contributed by atoms with Crippen molar-refractivity contribution in [1.29, 1.82) is 5.41 Å². The van der Waals surface area contributed by atoms with Crippen LogP contribution < -0.4 is 16.9 Å². The summed E-state index contributed by atoms with van der Waals surface area (Å²) < 4.78 is 0. The van der Waals surface area contributed by atoms with Gasteiger partial charge in [0.15, 0.2) is 5.84 Å². The molecular formula is C20H20N6O2S. The summed E-state index contributed by atoms with van der Waals surface area (Å²) in [7, 11) is 0. The number of thiophene rings is 1. The van der Waals surface area contributed by atoms with E-state index < -0.39 is 6.04 Å². The molecule has 3 aromatic rings. The lowest BCUT2D eigenvalue weighted by Crippen LogP contribution is -2.29. The Labute approximate surface area is 171 Å². The van der Waals surface area contributed by atoms with Gasteiger partial charge in [0, 0.05) is 35.7 Å². The second kappa shape index (κ2) is 8.98. The van der Waals surface area contributed by atoms with Crippen molar-refractivity contribution in [3.05, 3.63) is 81.8 Å². The van der Waals surface area contributed by atoms with E-state index in [0.717, 1.165) is 11.3 Å². The van der Waals surface area contributed by atoms with E-state index in [9.17, 15) is 9.90 Å². The maximum absolute atomic E-state index is 12.8. The van der Waals surface area contributed by atoms with E-state index in [1.165, 1.54) is 0 Å². The number of nitrogens with one attached hydrogen (secondary N) is 2. The summed E-state index contributed by atoms with van der Waals surface area (Å²) in [6, 6.07) is 12.9. The maximum atomic E-state index is 12.8. The number of hydrazone groups is 1. The summed E-state index contributed by atoms with van der Waals surface area (Å²) in [6.07, 6.45) is 3.40. The Hall–Kier alpha value is -3.72. The molecule has 2 aromatic heterocycles. The van der Waals surface area contributed by atoms with Crippen molar-refractivity contribution in [1.82, 2.24) is 10.3 Å². The fourth-order valence-electron chi connectivity index (χ4n) is 2.77. The van der Waals surface area contributed by atoms with E-state index in [1.807, 2.05) is 0 Å². The topological polar surface area (TPSA) is 150 Å². The number of aromatic hydroxyl groups is 1. The third-order valence-corrected chi connectivity index (χ3v) is 5.36. The second-order valence-corrected chi connectivity index (χ2v) is 7.27. The van der Waals surface area contributed by atoms with Gasteiger partial charge in [-0.25, -0.2) is 0 Å². The Morgan fingerprint density at radius 2 is 1.97 bits per heavy atom. The van der Waals surface area contributed by atoms with Gasteiger partial charge in [0.2, 0.25) is 0 Å². The van der Waals surface area contributed by atoms with Gasteiger partial charge in [-0.2, -0.15) is 5.10 Å². The first-order valence-corrected chi connectivity index (χ1v) is 9.51. The highest BCUT2D eigenvalue weighted by Crippen LogP contribution is 2.28. The number of nitrogens with two attached hydrogens (primary N) is 2. The van der Waals surface area contributed by atoms with Crippen LogP contribution in [0.3, 0.4) is 0 Å². The quantitative estimate of drug-likeness (QED) is 0.176. The van der Waals surface area contributed by atoms with Crippen LogP contribution in [0.2, 0.25) is 0 Å². The molecule has 1 atom stereocenters. The first-order chi connectivity index (χ1) is 14.0. The summed E-state index contributed by atoms with van der Waals surface area (Å²) in [4.78, 5) is 17.8. The van der Waals surface area contributed by atoms with Crippen LogP contribution in [0.1, 0.15) is 38.1 Å². The van der Waals surface area contributed by atoms with Gasteiger partial charge in [0.1, 0.15) is 5.75 Å². The first kappa shape index (κ1) is 20.0. The monoisotopic (exact) mass is 408 g/mol. The second-order valence-electron chi connectivity index (χ2n) is 6.19. The number of pyridine rings is 1. The van der Waals surface area contributed by atoms with Gasteiger partial charge in [-0.15, -0.1) is 11.3 Å². The summed E-state index contributed by atoms with van der Waals surface area (Å²) in [6.45, 7) is 0. The van der Waals surface area contributed by atoms with Gasteiger partial charge in [0.25, 0.3) is 5.91 Å². The molecule has 0 radical (unpaired) electrons. The van der Waals surface area contributed by atoms with Crippen LogP contribution in [0.15, 0.2) is 66.0 Å². The van der Waals surface area contributed by atoms with Crippen LogP contribution in [0.5, 0.6) is 5.75 Å². The molecule has 3 rings (SSSR count). The van der Waals surface area contributed by atoms with Crippen molar-refractivity contribution < 1.29 is 9.90 Å². The lowest BCUT2D eigenvalue weighted by molar-refractivity contribution is 0.0941. The molecule has 7 N–H and O–H groups in total. The zero-order valence-electron chi connectivity index (χ0n) is 15.4. The van der Waals surface area contributed by atoms with Crippen LogP contribution in [-0.4, -0.2) is 27.5 Å². The average Bonchev–Trinajstić information content (AvgIpc) is 3.24. The molecule has 0 aliphatic heterocycles. The minimum Gasteiger partial charge on any atom is -0.508 e. The fraction of sp³-hybridized carbons (Fsp3) is 0.100. The van der Waals surface area contributed by atoms with E-state index in [2.05, 4.69) is 15.4 Å². The molecule has 29 heavy (non-hydrogen) atoms.